The summed E-state index contributed by atoms with van der Waals surface area (Å²) in [6, 6.07) is 3.63. The molecule has 5 nitrogen and oxygen atoms in total. The second kappa shape index (κ2) is 8.13. The number of amides is 1. The van der Waals surface area contributed by atoms with E-state index in [1.54, 1.807) is 31.3 Å². The number of ether oxygens (including phenoxy) is 1. The molecular formula is C17H27N3O2. The molecule has 0 bridgehead atoms. The number of carbonyl (C=O) groups excluding carboxylic acids is 1. The lowest BCUT2D eigenvalue weighted by molar-refractivity contribution is 0.000372. The Kier molecular flexibility index (Phi) is 6.19. The molecule has 2 atom stereocenters. The summed E-state index contributed by atoms with van der Waals surface area (Å²) in [4.78, 5) is 17.6. The van der Waals surface area contributed by atoms with Gasteiger partial charge < -0.3 is 15.0 Å². The van der Waals surface area contributed by atoms with Crippen LogP contribution in [-0.4, -0.2) is 49.1 Å². The van der Waals surface area contributed by atoms with Crippen molar-refractivity contribution in [2.45, 2.75) is 38.7 Å². The molecule has 0 saturated heterocycles. The molecule has 0 aromatic carbocycles. The Morgan fingerprint density at radius 3 is 2.77 bits per heavy atom. The van der Waals surface area contributed by atoms with Crippen molar-refractivity contribution in [3.63, 3.8) is 0 Å². The highest BCUT2D eigenvalue weighted by Gasteiger charge is 2.21. The van der Waals surface area contributed by atoms with Crippen LogP contribution in [0.3, 0.4) is 0 Å². The first-order chi connectivity index (χ1) is 10.6. The van der Waals surface area contributed by atoms with Crippen molar-refractivity contribution in [1.29, 1.82) is 0 Å². The van der Waals surface area contributed by atoms with Crippen LogP contribution in [0, 0.1) is 5.92 Å². The number of carbonyl (C=O) groups is 1. The first kappa shape index (κ1) is 16.7. The lowest BCUT2D eigenvalue weighted by atomic mass is 9.88. The summed E-state index contributed by atoms with van der Waals surface area (Å²) in [6.45, 7) is 3.70. The monoisotopic (exact) mass is 305 g/mol. The number of hydrogen-bond acceptors (Lipinski definition) is 4. The van der Waals surface area contributed by atoms with E-state index >= 15 is 0 Å². The van der Waals surface area contributed by atoms with Crippen molar-refractivity contribution >= 4 is 11.7 Å². The summed E-state index contributed by atoms with van der Waals surface area (Å²) in [5.41, 5.74) is 0.600. The lowest BCUT2D eigenvalue weighted by Gasteiger charge is -2.28. The lowest BCUT2D eigenvalue weighted by Crippen LogP contribution is -2.27. The van der Waals surface area contributed by atoms with E-state index in [0.29, 0.717) is 24.2 Å². The summed E-state index contributed by atoms with van der Waals surface area (Å²) >= 11 is 0. The molecule has 5 heteroatoms. The molecule has 0 spiro atoms. The molecule has 1 aromatic heterocycles. The highest BCUT2D eigenvalue weighted by Crippen LogP contribution is 2.26. The average Bonchev–Trinajstić information content (AvgIpc) is 2.53. The van der Waals surface area contributed by atoms with Gasteiger partial charge in [-0.1, -0.05) is 19.8 Å². The summed E-state index contributed by atoms with van der Waals surface area (Å²) in [5.74, 6) is 1.41. The predicted molar refractivity (Wildman–Crippen MR) is 88.1 cm³/mol. The van der Waals surface area contributed by atoms with Crippen LogP contribution in [0.25, 0.3) is 0 Å². The molecule has 2 rings (SSSR count). The maximum Gasteiger partial charge on any atom is 0.254 e. The smallest absolute Gasteiger partial charge is 0.254 e. The third kappa shape index (κ3) is 4.70. The molecule has 1 N–H and O–H groups in total. The molecule has 1 aliphatic rings. The minimum Gasteiger partial charge on any atom is -0.376 e. The minimum absolute atomic E-state index is 0.0336. The highest BCUT2D eigenvalue weighted by atomic mass is 16.5. The normalized spacial score (nSPS) is 21.4. The second-order valence-corrected chi connectivity index (χ2v) is 6.23. The Morgan fingerprint density at radius 2 is 2.14 bits per heavy atom. The quantitative estimate of drug-likeness (QED) is 0.821. The maximum atomic E-state index is 11.8. The number of hydrogen-bond donors (Lipinski definition) is 1. The molecule has 1 heterocycles. The van der Waals surface area contributed by atoms with Gasteiger partial charge in [-0.15, -0.1) is 0 Å². The Morgan fingerprint density at radius 1 is 1.36 bits per heavy atom. The van der Waals surface area contributed by atoms with Gasteiger partial charge in [-0.2, -0.15) is 0 Å². The van der Waals surface area contributed by atoms with Crippen LogP contribution < -0.4 is 5.32 Å². The Labute approximate surface area is 133 Å². The molecule has 122 valence electrons. The Bertz CT molecular complexity index is 473. The van der Waals surface area contributed by atoms with Gasteiger partial charge in [0.25, 0.3) is 5.91 Å². The molecule has 0 radical (unpaired) electrons. The fourth-order valence-corrected chi connectivity index (χ4v) is 2.80. The van der Waals surface area contributed by atoms with Gasteiger partial charge in [0, 0.05) is 26.8 Å². The molecule has 1 fully saturated rings. The Hall–Kier alpha value is -1.62. The average molecular weight is 305 g/mol. The van der Waals surface area contributed by atoms with E-state index < -0.39 is 0 Å². The number of aromatic nitrogens is 1. The number of anilines is 1. The molecule has 22 heavy (non-hydrogen) atoms. The predicted octanol–water partition coefficient (Wildman–Crippen LogP) is 2.79. The van der Waals surface area contributed by atoms with Crippen LogP contribution >= 0.6 is 0 Å². The van der Waals surface area contributed by atoms with E-state index in [2.05, 4.69) is 17.2 Å². The van der Waals surface area contributed by atoms with E-state index in [1.807, 2.05) is 6.07 Å². The van der Waals surface area contributed by atoms with Crippen molar-refractivity contribution in [3.8, 4) is 0 Å². The first-order valence-electron chi connectivity index (χ1n) is 8.11. The van der Waals surface area contributed by atoms with Gasteiger partial charge in [-0.25, -0.2) is 4.98 Å². The van der Waals surface area contributed by atoms with E-state index in [-0.39, 0.29) is 5.91 Å². The number of pyridine rings is 1. The molecule has 0 unspecified atom stereocenters. The highest BCUT2D eigenvalue weighted by molar-refractivity contribution is 5.93. The van der Waals surface area contributed by atoms with Gasteiger partial charge >= 0.3 is 0 Å². The maximum absolute atomic E-state index is 11.8. The molecule has 1 saturated carbocycles. The zero-order valence-corrected chi connectivity index (χ0v) is 13.8. The summed E-state index contributed by atoms with van der Waals surface area (Å²) in [7, 11) is 3.47. The Balaban J connectivity index is 1.72. The second-order valence-electron chi connectivity index (χ2n) is 6.23. The van der Waals surface area contributed by atoms with Gasteiger partial charge in [-0.3, -0.25) is 4.79 Å². The van der Waals surface area contributed by atoms with E-state index in [4.69, 9.17) is 4.74 Å². The van der Waals surface area contributed by atoms with Gasteiger partial charge in [0.15, 0.2) is 0 Å². The van der Waals surface area contributed by atoms with Gasteiger partial charge in [0.1, 0.15) is 5.82 Å². The summed E-state index contributed by atoms with van der Waals surface area (Å²) in [6.07, 6.45) is 7.09. The zero-order chi connectivity index (χ0) is 15.9. The van der Waals surface area contributed by atoms with Crippen LogP contribution in [0.15, 0.2) is 18.3 Å². The van der Waals surface area contributed by atoms with Gasteiger partial charge in [0.2, 0.25) is 0 Å². The van der Waals surface area contributed by atoms with Crippen molar-refractivity contribution in [3.05, 3.63) is 23.9 Å². The number of rotatable bonds is 6. The summed E-state index contributed by atoms with van der Waals surface area (Å²) < 4.78 is 5.96. The van der Waals surface area contributed by atoms with Crippen molar-refractivity contribution in [2.24, 2.45) is 5.92 Å². The molecule has 1 aromatic rings. The number of nitrogens with one attached hydrogen (secondary N) is 1. The molecule has 1 amide bonds. The van der Waals surface area contributed by atoms with Crippen LogP contribution in [0.5, 0.6) is 0 Å². The van der Waals surface area contributed by atoms with Crippen LogP contribution in [0.4, 0.5) is 5.82 Å². The van der Waals surface area contributed by atoms with Crippen LogP contribution in [0.1, 0.15) is 43.0 Å². The van der Waals surface area contributed by atoms with Crippen LogP contribution in [-0.2, 0) is 4.74 Å². The third-order valence-corrected chi connectivity index (χ3v) is 4.19. The standard InChI is InChI=1S/C17H27N3O2/c1-13-6-4-5-7-15(13)22-11-10-18-16-9-8-14(12-19-16)17(21)20(2)3/h8-9,12-13,15H,4-7,10-11H2,1-3H3,(H,18,19)/t13-,15+/m0/s1. The van der Waals surface area contributed by atoms with Crippen LogP contribution in [0.2, 0.25) is 0 Å². The molecule has 1 aliphatic carbocycles. The number of nitrogens with zero attached hydrogens (tertiary/aromatic N) is 2. The first-order valence-corrected chi connectivity index (χ1v) is 8.11. The zero-order valence-electron chi connectivity index (χ0n) is 13.8. The van der Waals surface area contributed by atoms with E-state index in [9.17, 15) is 4.79 Å². The molecule has 0 aliphatic heterocycles. The van der Waals surface area contributed by atoms with Crippen molar-refractivity contribution in [1.82, 2.24) is 9.88 Å². The molecular weight excluding hydrogens is 278 g/mol. The van der Waals surface area contributed by atoms with E-state index in [1.165, 1.54) is 25.7 Å². The fraction of sp³-hybridized carbons (Fsp3) is 0.647. The fourth-order valence-electron chi connectivity index (χ4n) is 2.80. The SMILES string of the molecule is C[C@H]1CCCC[C@H]1OCCNc1ccc(C(=O)N(C)C)cn1. The summed E-state index contributed by atoms with van der Waals surface area (Å²) in [5, 5.41) is 3.23. The topological polar surface area (TPSA) is 54.5 Å². The van der Waals surface area contributed by atoms with Crippen molar-refractivity contribution < 1.29 is 9.53 Å². The van der Waals surface area contributed by atoms with E-state index in [0.717, 1.165) is 12.4 Å². The van der Waals surface area contributed by atoms with Gasteiger partial charge in [0.05, 0.1) is 18.3 Å². The van der Waals surface area contributed by atoms with Gasteiger partial charge in [-0.05, 0) is 30.9 Å². The minimum atomic E-state index is -0.0336. The van der Waals surface area contributed by atoms with Crippen molar-refractivity contribution in [2.75, 3.05) is 32.6 Å². The largest absolute Gasteiger partial charge is 0.376 e. The third-order valence-electron chi connectivity index (χ3n) is 4.19.